The number of ketones is 1. The van der Waals surface area contributed by atoms with Crippen LogP contribution in [-0.2, 0) is 0 Å². The lowest BCUT2D eigenvalue weighted by molar-refractivity contribution is 0.0918. The molecule has 2 rings (SSSR count). The Balaban J connectivity index is 2.13. The number of carbonyl (C=O) groups is 1. The third kappa shape index (κ3) is 3.67. The quantitative estimate of drug-likeness (QED) is 0.749. The van der Waals surface area contributed by atoms with E-state index < -0.39 is 11.6 Å². The maximum atomic E-state index is 13.6. The van der Waals surface area contributed by atoms with Gasteiger partial charge in [0.1, 0.15) is 5.82 Å². The highest BCUT2D eigenvalue weighted by Gasteiger charge is 2.14. The minimum atomic E-state index is -0.852. The summed E-state index contributed by atoms with van der Waals surface area (Å²) in [5.41, 5.74) is 2.58. The van der Waals surface area contributed by atoms with Crippen LogP contribution in [0.4, 0.5) is 8.78 Å². The fraction of sp³-hybridized carbons (Fsp3) is 0.188. The highest BCUT2D eigenvalue weighted by Crippen LogP contribution is 2.29. The second kappa shape index (κ2) is 6.35. The Kier molecular flexibility index (Phi) is 4.73. The largest absolute Gasteiger partial charge is 0.481 e. The molecular weight excluding hydrogens is 342 g/mol. The van der Waals surface area contributed by atoms with Gasteiger partial charge in [0, 0.05) is 11.6 Å². The van der Waals surface area contributed by atoms with Crippen molar-refractivity contribution in [1.29, 1.82) is 0 Å². The molecule has 0 aliphatic heterocycles. The number of hydrogen-bond acceptors (Lipinski definition) is 2. The lowest BCUT2D eigenvalue weighted by atomic mass is 10.0. The molecule has 0 saturated carbocycles. The highest BCUT2D eigenvalue weighted by atomic mass is 79.9. The SMILES string of the molecule is Cc1ccc(C(=O)COc2c(F)cc(F)cc2Br)cc1C. The van der Waals surface area contributed by atoms with Crippen LogP contribution < -0.4 is 4.74 Å². The zero-order chi connectivity index (χ0) is 15.6. The summed E-state index contributed by atoms with van der Waals surface area (Å²) in [6.07, 6.45) is 0. The number of hydrogen-bond donors (Lipinski definition) is 0. The van der Waals surface area contributed by atoms with Gasteiger partial charge in [0.2, 0.25) is 0 Å². The van der Waals surface area contributed by atoms with Crippen molar-refractivity contribution in [1.82, 2.24) is 0 Å². The van der Waals surface area contributed by atoms with Crippen molar-refractivity contribution < 1.29 is 18.3 Å². The predicted octanol–water partition coefficient (Wildman–Crippen LogP) is 4.61. The van der Waals surface area contributed by atoms with Gasteiger partial charge in [-0.05, 0) is 53.0 Å². The van der Waals surface area contributed by atoms with Gasteiger partial charge in [-0.3, -0.25) is 4.79 Å². The average Bonchev–Trinajstić information content (AvgIpc) is 2.40. The van der Waals surface area contributed by atoms with Crippen LogP contribution in [0.1, 0.15) is 21.5 Å². The summed E-state index contributed by atoms with van der Waals surface area (Å²) in [6, 6.07) is 7.09. The molecule has 0 atom stereocenters. The monoisotopic (exact) mass is 354 g/mol. The summed E-state index contributed by atoms with van der Waals surface area (Å²) in [7, 11) is 0. The molecule has 2 nitrogen and oxygen atoms in total. The molecule has 0 aliphatic carbocycles. The van der Waals surface area contributed by atoms with E-state index in [9.17, 15) is 13.6 Å². The standard InChI is InChI=1S/C16H13BrF2O2/c1-9-3-4-11(5-10(9)2)15(20)8-21-16-13(17)6-12(18)7-14(16)19/h3-7H,8H2,1-2H3. The van der Waals surface area contributed by atoms with Gasteiger partial charge in [0.25, 0.3) is 0 Å². The van der Waals surface area contributed by atoms with E-state index in [0.29, 0.717) is 11.6 Å². The van der Waals surface area contributed by atoms with E-state index in [-0.39, 0.29) is 22.6 Å². The Morgan fingerprint density at radius 3 is 2.48 bits per heavy atom. The van der Waals surface area contributed by atoms with Crippen LogP contribution in [0, 0.1) is 25.5 Å². The molecule has 5 heteroatoms. The molecule has 2 aromatic rings. The van der Waals surface area contributed by atoms with E-state index in [4.69, 9.17) is 4.74 Å². The van der Waals surface area contributed by atoms with Gasteiger partial charge in [-0.2, -0.15) is 0 Å². The maximum absolute atomic E-state index is 13.6. The van der Waals surface area contributed by atoms with Crippen molar-refractivity contribution in [2.45, 2.75) is 13.8 Å². The van der Waals surface area contributed by atoms with Crippen LogP contribution in [0.15, 0.2) is 34.8 Å². The van der Waals surface area contributed by atoms with Gasteiger partial charge >= 0.3 is 0 Å². The van der Waals surface area contributed by atoms with Gasteiger partial charge in [-0.15, -0.1) is 0 Å². The number of benzene rings is 2. The molecule has 0 spiro atoms. The van der Waals surface area contributed by atoms with E-state index in [1.165, 1.54) is 0 Å². The summed E-state index contributed by atoms with van der Waals surface area (Å²) in [4.78, 5) is 12.0. The van der Waals surface area contributed by atoms with Crippen molar-refractivity contribution >= 4 is 21.7 Å². The smallest absolute Gasteiger partial charge is 0.200 e. The fourth-order valence-electron chi connectivity index (χ4n) is 1.80. The van der Waals surface area contributed by atoms with Crippen LogP contribution >= 0.6 is 15.9 Å². The topological polar surface area (TPSA) is 26.3 Å². The zero-order valence-corrected chi connectivity index (χ0v) is 13.1. The lowest BCUT2D eigenvalue weighted by Crippen LogP contribution is -2.13. The predicted molar refractivity (Wildman–Crippen MR) is 79.8 cm³/mol. The summed E-state index contributed by atoms with van der Waals surface area (Å²) < 4.78 is 31.8. The molecule has 0 N–H and O–H groups in total. The van der Waals surface area contributed by atoms with E-state index >= 15 is 0 Å². The van der Waals surface area contributed by atoms with Gasteiger partial charge in [-0.1, -0.05) is 12.1 Å². The van der Waals surface area contributed by atoms with E-state index in [2.05, 4.69) is 15.9 Å². The summed E-state index contributed by atoms with van der Waals surface area (Å²) in [6.45, 7) is 3.54. The van der Waals surface area contributed by atoms with Crippen LogP contribution in [-0.4, -0.2) is 12.4 Å². The average molecular weight is 355 g/mol. The Bertz CT molecular complexity index is 676. The van der Waals surface area contributed by atoms with Gasteiger partial charge in [0.15, 0.2) is 24.0 Å². The summed E-state index contributed by atoms with van der Waals surface area (Å²) in [5, 5.41) is 0. The fourth-order valence-corrected chi connectivity index (χ4v) is 2.33. The molecule has 110 valence electrons. The zero-order valence-electron chi connectivity index (χ0n) is 11.5. The first kappa shape index (κ1) is 15.6. The first-order valence-electron chi connectivity index (χ1n) is 6.26. The third-order valence-corrected chi connectivity index (χ3v) is 3.73. The second-order valence-corrected chi connectivity index (χ2v) is 5.56. The molecule has 2 aromatic carbocycles. The molecule has 0 radical (unpaired) electrons. The Hall–Kier alpha value is -1.75. The summed E-state index contributed by atoms with van der Waals surface area (Å²) in [5.74, 6) is -2.01. The molecule has 0 amide bonds. The van der Waals surface area contributed by atoms with Crippen molar-refractivity contribution in [2.24, 2.45) is 0 Å². The summed E-state index contributed by atoms with van der Waals surface area (Å²) >= 11 is 3.01. The Morgan fingerprint density at radius 1 is 1.14 bits per heavy atom. The molecular formula is C16H13BrF2O2. The van der Waals surface area contributed by atoms with Crippen LogP contribution in [0.5, 0.6) is 5.75 Å². The van der Waals surface area contributed by atoms with Crippen LogP contribution in [0.25, 0.3) is 0 Å². The van der Waals surface area contributed by atoms with Gasteiger partial charge in [-0.25, -0.2) is 8.78 Å². The lowest BCUT2D eigenvalue weighted by Gasteiger charge is -2.09. The van der Waals surface area contributed by atoms with E-state index in [0.717, 1.165) is 17.2 Å². The first-order chi connectivity index (χ1) is 9.88. The van der Waals surface area contributed by atoms with Gasteiger partial charge in [0.05, 0.1) is 4.47 Å². The third-order valence-electron chi connectivity index (χ3n) is 3.14. The second-order valence-electron chi connectivity index (χ2n) is 4.71. The maximum Gasteiger partial charge on any atom is 0.200 e. The molecule has 21 heavy (non-hydrogen) atoms. The number of Topliss-reactive ketones (excluding diaryl/α,β-unsaturated/α-hetero) is 1. The van der Waals surface area contributed by atoms with Crippen molar-refractivity contribution in [3.8, 4) is 5.75 Å². The van der Waals surface area contributed by atoms with Crippen LogP contribution in [0.3, 0.4) is 0 Å². The molecule has 0 saturated heterocycles. The molecule has 0 heterocycles. The number of ether oxygens (including phenoxy) is 1. The molecule has 0 aromatic heterocycles. The van der Waals surface area contributed by atoms with Crippen molar-refractivity contribution in [2.75, 3.05) is 6.61 Å². The van der Waals surface area contributed by atoms with Crippen LogP contribution in [0.2, 0.25) is 0 Å². The molecule has 0 unspecified atom stereocenters. The van der Waals surface area contributed by atoms with Crippen molar-refractivity contribution in [3.05, 3.63) is 63.1 Å². The highest BCUT2D eigenvalue weighted by molar-refractivity contribution is 9.10. The van der Waals surface area contributed by atoms with E-state index in [1.807, 2.05) is 19.9 Å². The van der Waals surface area contributed by atoms with Crippen molar-refractivity contribution in [3.63, 3.8) is 0 Å². The number of aryl methyl sites for hydroxylation is 2. The molecule has 0 bridgehead atoms. The van der Waals surface area contributed by atoms with E-state index in [1.54, 1.807) is 12.1 Å². The number of carbonyl (C=O) groups excluding carboxylic acids is 1. The molecule has 0 aliphatic rings. The normalized spacial score (nSPS) is 10.5. The first-order valence-corrected chi connectivity index (χ1v) is 7.05. The number of halogens is 3. The minimum Gasteiger partial charge on any atom is -0.481 e. The van der Waals surface area contributed by atoms with Gasteiger partial charge < -0.3 is 4.74 Å². The Labute approximate surface area is 129 Å². The molecule has 0 fully saturated rings. The Morgan fingerprint density at radius 2 is 1.86 bits per heavy atom. The number of rotatable bonds is 4. The minimum absolute atomic E-state index is 0.132.